The van der Waals surface area contributed by atoms with Crippen molar-refractivity contribution in [3.05, 3.63) is 17.0 Å². The Labute approximate surface area is 93.9 Å². The van der Waals surface area contributed by atoms with Gasteiger partial charge in [-0.25, -0.2) is 9.97 Å². The Balaban J connectivity index is 2.28. The van der Waals surface area contributed by atoms with Gasteiger partial charge in [0.05, 0.1) is 12.6 Å². The van der Waals surface area contributed by atoms with Crippen LogP contribution in [0.25, 0.3) is 0 Å². The van der Waals surface area contributed by atoms with E-state index in [1.807, 2.05) is 6.92 Å². The summed E-state index contributed by atoms with van der Waals surface area (Å²) in [6.45, 7) is 2.91. The fourth-order valence-electron chi connectivity index (χ4n) is 1.99. The van der Waals surface area contributed by atoms with Crippen LogP contribution in [-0.2, 0) is 0 Å². The van der Waals surface area contributed by atoms with Gasteiger partial charge in [0, 0.05) is 12.6 Å². The molecule has 0 spiro atoms. The first-order chi connectivity index (χ1) is 7.20. The molecule has 2 rings (SSSR count). The highest BCUT2D eigenvalue weighted by Crippen LogP contribution is 2.25. The van der Waals surface area contributed by atoms with E-state index in [4.69, 9.17) is 11.6 Å². The molecule has 15 heavy (non-hydrogen) atoms. The smallest absolute Gasteiger partial charge is 0.134 e. The van der Waals surface area contributed by atoms with Gasteiger partial charge in [-0.2, -0.15) is 0 Å². The van der Waals surface area contributed by atoms with Gasteiger partial charge in [0.2, 0.25) is 0 Å². The van der Waals surface area contributed by atoms with Crippen LogP contribution < -0.4 is 4.90 Å². The van der Waals surface area contributed by atoms with Crippen LogP contribution in [0.1, 0.15) is 18.7 Å². The summed E-state index contributed by atoms with van der Waals surface area (Å²) in [6.07, 6.45) is 2.10. The molecule has 1 aromatic rings. The first-order valence-corrected chi connectivity index (χ1v) is 5.47. The monoisotopic (exact) mass is 227 g/mol. The van der Waals surface area contributed by atoms with E-state index in [2.05, 4.69) is 14.9 Å². The van der Waals surface area contributed by atoms with Gasteiger partial charge in [-0.3, -0.25) is 0 Å². The van der Waals surface area contributed by atoms with E-state index in [0.717, 1.165) is 25.2 Å². The minimum atomic E-state index is 0.167. The molecular formula is C10H14ClN3O. The summed E-state index contributed by atoms with van der Waals surface area (Å²) in [5, 5.41) is 9.68. The number of anilines is 1. The highest BCUT2D eigenvalue weighted by Gasteiger charge is 2.25. The van der Waals surface area contributed by atoms with Crippen LogP contribution >= 0.6 is 11.6 Å². The van der Waals surface area contributed by atoms with Crippen LogP contribution in [0.15, 0.2) is 6.07 Å². The van der Waals surface area contributed by atoms with E-state index in [1.165, 1.54) is 0 Å². The van der Waals surface area contributed by atoms with E-state index in [-0.39, 0.29) is 12.6 Å². The zero-order chi connectivity index (χ0) is 10.8. The third kappa shape index (κ3) is 2.21. The molecule has 2 heterocycles. The van der Waals surface area contributed by atoms with Crippen molar-refractivity contribution in [2.75, 3.05) is 18.1 Å². The highest BCUT2D eigenvalue weighted by atomic mass is 35.5. The molecule has 1 N–H and O–H groups in total. The number of aromatic nitrogens is 2. The van der Waals surface area contributed by atoms with Gasteiger partial charge in [0.25, 0.3) is 0 Å². The van der Waals surface area contributed by atoms with Crippen LogP contribution in [0, 0.1) is 6.92 Å². The molecule has 1 aliphatic rings. The maximum atomic E-state index is 9.22. The maximum Gasteiger partial charge on any atom is 0.134 e. The third-order valence-electron chi connectivity index (χ3n) is 2.68. The van der Waals surface area contributed by atoms with Gasteiger partial charge >= 0.3 is 0 Å². The van der Waals surface area contributed by atoms with Crippen LogP contribution in [0.3, 0.4) is 0 Å². The van der Waals surface area contributed by atoms with E-state index >= 15 is 0 Å². The molecule has 1 unspecified atom stereocenters. The predicted octanol–water partition coefficient (Wildman–Crippen LogP) is 1.40. The van der Waals surface area contributed by atoms with Crippen molar-refractivity contribution < 1.29 is 5.11 Å². The van der Waals surface area contributed by atoms with Gasteiger partial charge in [-0.1, -0.05) is 11.6 Å². The molecule has 0 radical (unpaired) electrons. The molecule has 1 aromatic heterocycles. The van der Waals surface area contributed by atoms with Crippen LogP contribution in [0.5, 0.6) is 0 Å². The number of halogens is 1. The minimum Gasteiger partial charge on any atom is -0.394 e. The summed E-state index contributed by atoms with van der Waals surface area (Å²) in [5.41, 5.74) is 0. The first-order valence-electron chi connectivity index (χ1n) is 5.09. The molecule has 0 aromatic carbocycles. The fraction of sp³-hybridized carbons (Fsp3) is 0.600. The molecule has 1 aliphatic heterocycles. The Morgan fingerprint density at radius 2 is 2.40 bits per heavy atom. The van der Waals surface area contributed by atoms with E-state index < -0.39 is 0 Å². The number of nitrogens with zero attached hydrogens (tertiary/aromatic N) is 3. The lowest BCUT2D eigenvalue weighted by atomic mass is 10.2. The van der Waals surface area contributed by atoms with Gasteiger partial charge in [0.15, 0.2) is 0 Å². The Hall–Kier alpha value is -0.870. The van der Waals surface area contributed by atoms with Gasteiger partial charge in [-0.05, 0) is 19.8 Å². The number of aliphatic hydroxyl groups is 1. The van der Waals surface area contributed by atoms with Crippen molar-refractivity contribution in [1.82, 2.24) is 9.97 Å². The normalized spacial score (nSPS) is 21.0. The van der Waals surface area contributed by atoms with Crippen molar-refractivity contribution in [1.29, 1.82) is 0 Å². The second-order valence-electron chi connectivity index (χ2n) is 3.77. The van der Waals surface area contributed by atoms with Crippen molar-refractivity contribution in [2.24, 2.45) is 0 Å². The summed E-state index contributed by atoms with van der Waals surface area (Å²) in [6, 6.07) is 1.93. The molecule has 0 saturated carbocycles. The lowest BCUT2D eigenvalue weighted by molar-refractivity contribution is 0.266. The third-order valence-corrected chi connectivity index (χ3v) is 2.87. The second-order valence-corrected chi connectivity index (χ2v) is 4.16. The van der Waals surface area contributed by atoms with Crippen molar-refractivity contribution in [2.45, 2.75) is 25.8 Å². The molecule has 0 aliphatic carbocycles. The van der Waals surface area contributed by atoms with Gasteiger partial charge in [0.1, 0.15) is 16.8 Å². The summed E-state index contributed by atoms with van der Waals surface area (Å²) in [7, 11) is 0. The van der Waals surface area contributed by atoms with E-state index in [9.17, 15) is 5.11 Å². The topological polar surface area (TPSA) is 49.2 Å². The molecule has 82 valence electrons. The lowest BCUT2D eigenvalue weighted by Gasteiger charge is -2.24. The van der Waals surface area contributed by atoms with Gasteiger partial charge < -0.3 is 10.0 Å². The van der Waals surface area contributed by atoms with Crippen LogP contribution in [0.4, 0.5) is 5.82 Å². The number of hydrogen-bond acceptors (Lipinski definition) is 4. The molecule has 5 heteroatoms. The standard InChI is InChI=1S/C10H14ClN3O/c1-7-12-9(11)5-10(13-7)14-4-2-3-8(14)6-15/h5,8,15H,2-4,6H2,1H3. The Kier molecular flexibility index (Phi) is 3.07. The van der Waals surface area contributed by atoms with Crippen molar-refractivity contribution in [3.8, 4) is 0 Å². The lowest BCUT2D eigenvalue weighted by Crippen LogP contribution is -2.32. The van der Waals surface area contributed by atoms with Gasteiger partial charge in [-0.15, -0.1) is 0 Å². The zero-order valence-electron chi connectivity index (χ0n) is 8.65. The molecule has 1 atom stereocenters. The van der Waals surface area contributed by atoms with E-state index in [1.54, 1.807) is 6.07 Å². The number of rotatable bonds is 2. The Bertz CT molecular complexity index is 338. The summed E-state index contributed by atoms with van der Waals surface area (Å²) in [5.74, 6) is 1.49. The summed E-state index contributed by atoms with van der Waals surface area (Å²) < 4.78 is 0. The predicted molar refractivity (Wildman–Crippen MR) is 59.2 cm³/mol. The SMILES string of the molecule is Cc1nc(Cl)cc(N2CCCC2CO)n1. The largest absolute Gasteiger partial charge is 0.394 e. The Morgan fingerprint density at radius 1 is 1.60 bits per heavy atom. The quantitative estimate of drug-likeness (QED) is 0.776. The van der Waals surface area contributed by atoms with E-state index in [0.29, 0.717) is 11.0 Å². The van der Waals surface area contributed by atoms with Crippen molar-refractivity contribution in [3.63, 3.8) is 0 Å². The maximum absolute atomic E-state index is 9.22. The summed E-state index contributed by atoms with van der Waals surface area (Å²) >= 11 is 5.88. The molecule has 1 fully saturated rings. The average Bonchev–Trinajstić information content (AvgIpc) is 2.63. The molecule has 4 nitrogen and oxygen atoms in total. The minimum absolute atomic E-state index is 0.167. The molecule has 1 saturated heterocycles. The molecule has 0 bridgehead atoms. The first kappa shape index (κ1) is 10.6. The number of aryl methyl sites for hydroxylation is 1. The summed E-state index contributed by atoms with van der Waals surface area (Å²) in [4.78, 5) is 10.5. The second kappa shape index (κ2) is 4.33. The zero-order valence-corrected chi connectivity index (χ0v) is 9.41. The number of aliphatic hydroxyl groups excluding tert-OH is 1. The average molecular weight is 228 g/mol. The van der Waals surface area contributed by atoms with Crippen molar-refractivity contribution >= 4 is 17.4 Å². The fourth-order valence-corrected chi connectivity index (χ4v) is 2.21. The van der Waals surface area contributed by atoms with Crippen LogP contribution in [-0.4, -0.2) is 34.3 Å². The molecule has 0 amide bonds. The molecular weight excluding hydrogens is 214 g/mol. The number of hydrogen-bond donors (Lipinski definition) is 1. The highest BCUT2D eigenvalue weighted by molar-refractivity contribution is 6.29. The van der Waals surface area contributed by atoms with Crippen LogP contribution in [0.2, 0.25) is 5.15 Å². The Morgan fingerprint density at radius 3 is 3.07 bits per heavy atom.